The summed E-state index contributed by atoms with van der Waals surface area (Å²) in [6, 6.07) is 15.8. The molecule has 0 aliphatic heterocycles. The number of hydrogen-bond acceptors (Lipinski definition) is 3. The predicted octanol–water partition coefficient (Wildman–Crippen LogP) is 4.53. The fraction of sp³-hybridized carbons (Fsp3) is 0.316. The van der Waals surface area contributed by atoms with Gasteiger partial charge < -0.3 is 20.1 Å². The van der Waals surface area contributed by atoms with E-state index in [1.165, 1.54) is 0 Å². The first-order chi connectivity index (χ1) is 11.5. The van der Waals surface area contributed by atoms with Gasteiger partial charge in [-0.25, -0.2) is 0 Å². The van der Waals surface area contributed by atoms with Gasteiger partial charge in [-0.3, -0.25) is 0 Å². The highest BCUT2D eigenvalue weighted by molar-refractivity contribution is 7.80. The van der Waals surface area contributed by atoms with Gasteiger partial charge in [0.05, 0.1) is 19.3 Å². The maximum Gasteiger partial charge on any atom is 0.171 e. The maximum atomic E-state index is 5.69. The van der Waals surface area contributed by atoms with Crippen LogP contribution in [0.2, 0.25) is 0 Å². The van der Waals surface area contributed by atoms with E-state index in [0.29, 0.717) is 5.11 Å². The number of hydrogen-bond donors (Lipinski definition) is 2. The summed E-state index contributed by atoms with van der Waals surface area (Å²) in [6.45, 7) is 6.07. The molecule has 4 nitrogen and oxygen atoms in total. The number of nitrogens with one attached hydrogen (secondary N) is 2. The molecule has 0 aromatic heterocycles. The molecule has 2 aromatic carbocycles. The van der Waals surface area contributed by atoms with Crippen LogP contribution in [-0.4, -0.2) is 18.3 Å². The van der Waals surface area contributed by atoms with Crippen LogP contribution in [0.25, 0.3) is 0 Å². The quantitative estimate of drug-likeness (QED) is 0.754. The van der Waals surface area contributed by atoms with Crippen LogP contribution in [0.4, 0.5) is 5.69 Å². The second kappa shape index (κ2) is 8.55. The Morgan fingerprint density at radius 1 is 1.00 bits per heavy atom. The molecule has 24 heavy (non-hydrogen) atoms. The Hall–Kier alpha value is -2.27. The summed E-state index contributed by atoms with van der Waals surface area (Å²) in [5, 5.41) is 7.04. The first-order valence-corrected chi connectivity index (χ1v) is 8.37. The topological polar surface area (TPSA) is 42.5 Å². The highest BCUT2D eigenvalue weighted by Gasteiger charge is 2.08. The average molecular weight is 344 g/mol. The minimum Gasteiger partial charge on any atom is -0.497 e. The van der Waals surface area contributed by atoms with Gasteiger partial charge in [0.2, 0.25) is 0 Å². The molecule has 0 unspecified atom stereocenters. The van der Waals surface area contributed by atoms with E-state index in [9.17, 15) is 0 Å². The molecule has 0 amide bonds. The molecule has 0 spiro atoms. The number of anilines is 1. The Balaban J connectivity index is 1.94. The zero-order chi connectivity index (χ0) is 17.5. The molecule has 0 aliphatic rings. The van der Waals surface area contributed by atoms with Crippen LogP contribution in [0.1, 0.15) is 32.4 Å². The zero-order valence-electron chi connectivity index (χ0n) is 14.5. The molecule has 1 atom stereocenters. The smallest absolute Gasteiger partial charge is 0.171 e. The fourth-order valence-corrected chi connectivity index (χ4v) is 2.55. The van der Waals surface area contributed by atoms with Gasteiger partial charge >= 0.3 is 0 Å². The number of benzene rings is 2. The van der Waals surface area contributed by atoms with Crippen molar-refractivity contribution >= 4 is 23.0 Å². The molecule has 2 aromatic rings. The molecule has 0 aliphatic carbocycles. The molecule has 0 fully saturated rings. The summed E-state index contributed by atoms with van der Waals surface area (Å²) >= 11 is 5.40. The Labute approximate surface area is 149 Å². The van der Waals surface area contributed by atoms with Crippen molar-refractivity contribution in [3.63, 3.8) is 0 Å². The lowest BCUT2D eigenvalue weighted by molar-refractivity contribution is 0.242. The van der Waals surface area contributed by atoms with Gasteiger partial charge in [0, 0.05) is 11.8 Å². The molecule has 0 saturated carbocycles. The molecule has 0 heterocycles. The molecular weight excluding hydrogens is 320 g/mol. The van der Waals surface area contributed by atoms with Crippen molar-refractivity contribution in [2.75, 3.05) is 12.4 Å². The number of thiocarbonyl (C=S) groups is 1. The second-order valence-corrected chi connectivity index (χ2v) is 6.20. The third kappa shape index (κ3) is 5.42. The summed E-state index contributed by atoms with van der Waals surface area (Å²) < 4.78 is 10.9. The highest BCUT2D eigenvalue weighted by Crippen LogP contribution is 2.20. The van der Waals surface area contributed by atoms with E-state index in [1.807, 2.05) is 62.4 Å². The first kappa shape index (κ1) is 18.1. The molecule has 2 rings (SSSR count). The minimum absolute atomic E-state index is 0.0889. The summed E-state index contributed by atoms with van der Waals surface area (Å²) in [7, 11) is 1.66. The van der Waals surface area contributed by atoms with Crippen molar-refractivity contribution in [1.82, 2.24) is 5.32 Å². The van der Waals surface area contributed by atoms with E-state index in [1.54, 1.807) is 7.11 Å². The Morgan fingerprint density at radius 2 is 1.71 bits per heavy atom. The van der Waals surface area contributed by atoms with Gasteiger partial charge in [-0.2, -0.15) is 0 Å². The third-order valence-corrected chi connectivity index (χ3v) is 3.65. The van der Waals surface area contributed by atoms with Crippen molar-refractivity contribution in [2.24, 2.45) is 0 Å². The average Bonchev–Trinajstić information content (AvgIpc) is 2.54. The predicted molar refractivity (Wildman–Crippen MR) is 103 cm³/mol. The van der Waals surface area contributed by atoms with Crippen LogP contribution in [0.3, 0.4) is 0 Å². The normalized spacial score (nSPS) is 11.7. The van der Waals surface area contributed by atoms with Crippen molar-refractivity contribution < 1.29 is 9.47 Å². The summed E-state index contributed by atoms with van der Waals surface area (Å²) in [5.74, 6) is 1.66. The van der Waals surface area contributed by atoms with Crippen LogP contribution in [0, 0.1) is 0 Å². The van der Waals surface area contributed by atoms with E-state index < -0.39 is 0 Å². The molecule has 0 radical (unpaired) electrons. The molecule has 128 valence electrons. The standard InChI is InChI=1S/C19H24N2O2S/c1-13(2)23-18-7-5-6-16(12-18)21-19(24)20-14(3)15-8-10-17(22-4)11-9-15/h5-14H,1-4H3,(H2,20,21,24)/t14-/m0/s1. The van der Waals surface area contributed by atoms with E-state index in [-0.39, 0.29) is 12.1 Å². The zero-order valence-corrected chi connectivity index (χ0v) is 15.3. The SMILES string of the molecule is COc1ccc([C@H](C)NC(=S)Nc2cccc(OC(C)C)c2)cc1. The van der Waals surface area contributed by atoms with Crippen molar-refractivity contribution in [2.45, 2.75) is 32.9 Å². The lowest BCUT2D eigenvalue weighted by Crippen LogP contribution is -2.30. The van der Waals surface area contributed by atoms with Crippen molar-refractivity contribution in [3.05, 3.63) is 54.1 Å². The van der Waals surface area contributed by atoms with E-state index in [4.69, 9.17) is 21.7 Å². The largest absolute Gasteiger partial charge is 0.497 e. The third-order valence-electron chi connectivity index (χ3n) is 3.43. The molecular formula is C19H24N2O2S. The van der Waals surface area contributed by atoms with Crippen LogP contribution in [0.15, 0.2) is 48.5 Å². The lowest BCUT2D eigenvalue weighted by Gasteiger charge is -2.18. The number of ether oxygens (including phenoxy) is 2. The van der Waals surface area contributed by atoms with Crippen molar-refractivity contribution in [3.8, 4) is 11.5 Å². The van der Waals surface area contributed by atoms with Gasteiger partial charge in [0.25, 0.3) is 0 Å². The van der Waals surface area contributed by atoms with Crippen LogP contribution in [0.5, 0.6) is 11.5 Å². The highest BCUT2D eigenvalue weighted by atomic mass is 32.1. The number of rotatable bonds is 6. The Bertz CT molecular complexity index is 671. The van der Waals surface area contributed by atoms with E-state index >= 15 is 0 Å². The molecule has 5 heteroatoms. The van der Waals surface area contributed by atoms with Crippen LogP contribution >= 0.6 is 12.2 Å². The van der Waals surface area contributed by atoms with Gasteiger partial charge in [-0.15, -0.1) is 0 Å². The van der Waals surface area contributed by atoms with E-state index in [0.717, 1.165) is 22.7 Å². The first-order valence-electron chi connectivity index (χ1n) is 7.96. The molecule has 2 N–H and O–H groups in total. The minimum atomic E-state index is 0.0889. The second-order valence-electron chi connectivity index (χ2n) is 5.79. The van der Waals surface area contributed by atoms with Crippen LogP contribution < -0.4 is 20.1 Å². The van der Waals surface area contributed by atoms with Crippen molar-refractivity contribution in [1.29, 1.82) is 0 Å². The lowest BCUT2D eigenvalue weighted by atomic mass is 10.1. The van der Waals surface area contributed by atoms with Crippen LogP contribution in [-0.2, 0) is 0 Å². The maximum absolute atomic E-state index is 5.69. The molecule has 0 saturated heterocycles. The monoisotopic (exact) mass is 344 g/mol. The van der Waals surface area contributed by atoms with Gasteiger partial charge in [-0.05, 0) is 62.8 Å². The summed E-state index contributed by atoms with van der Waals surface area (Å²) in [5.41, 5.74) is 2.03. The van der Waals surface area contributed by atoms with Gasteiger partial charge in [0.1, 0.15) is 11.5 Å². The van der Waals surface area contributed by atoms with E-state index in [2.05, 4.69) is 17.6 Å². The Kier molecular flexibility index (Phi) is 6.44. The molecule has 0 bridgehead atoms. The summed E-state index contributed by atoms with van der Waals surface area (Å²) in [4.78, 5) is 0. The number of methoxy groups -OCH3 is 1. The van der Waals surface area contributed by atoms with Gasteiger partial charge in [0.15, 0.2) is 5.11 Å². The fourth-order valence-electron chi connectivity index (χ4n) is 2.26. The van der Waals surface area contributed by atoms with Gasteiger partial charge in [-0.1, -0.05) is 18.2 Å². The summed E-state index contributed by atoms with van der Waals surface area (Å²) in [6.07, 6.45) is 0.139. The Morgan fingerprint density at radius 3 is 2.33 bits per heavy atom.